The molecule has 0 aliphatic rings. The molecule has 3 aromatic rings. The van der Waals surface area contributed by atoms with Gasteiger partial charge in [0, 0.05) is 82.3 Å². The van der Waals surface area contributed by atoms with Crippen LogP contribution in [0.2, 0.25) is 0 Å². The zero-order valence-corrected chi connectivity index (χ0v) is 49.9. The Balaban J connectivity index is -0.0000000116. The van der Waals surface area contributed by atoms with Gasteiger partial charge in [-0.2, -0.15) is 11.8 Å². The van der Waals surface area contributed by atoms with Crippen molar-refractivity contribution in [2.24, 2.45) is 0 Å². The van der Waals surface area contributed by atoms with Crippen LogP contribution in [0.5, 0.6) is 0 Å². The fraction of sp³-hybridized carbons (Fsp3) is 0.772. The van der Waals surface area contributed by atoms with Crippen LogP contribution in [0.3, 0.4) is 0 Å². The maximum Gasteiger partial charge on any atom is 0.0433 e. The lowest BCUT2D eigenvalue weighted by Gasteiger charge is -1.90. The Kier molecular flexibility index (Phi) is 670. The molecule has 3 aromatic carbocycles. The molecule has 0 amide bonds. The predicted octanol–water partition coefficient (Wildman–Crippen LogP) is 30.7. The molecule has 0 radical (unpaired) electrons. The second-order valence-corrected chi connectivity index (χ2v) is 14.5. The van der Waals surface area contributed by atoms with Gasteiger partial charge in [0.15, 0.2) is 0 Å². The topological polar surface area (TPSA) is 67.4 Å². The molecule has 0 fully saturated rings. The molecule has 0 unspecified atom stereocenters. The van der Waals surface area contributed by atoms with Crippen LogP contribution in [0, 0.1) is 41.5 Å². The average molecular weight is 1300 g/mol. The van der Waals surface area contributed by atoms with Gasteiger partial charge in [0.05, 0.1) is 0 Å². The van der Waals surface area contributed by atoms with Gasteiger partial charge in [-0.1, -0.05) is 344 Å². The number of thioether (sulfide) groups is 1. The molecule has 1 N–H and O–H groups in total. The lowest BCUT2D eigenvalue weighted by molar-refractivity contribution is 0.215. The molecule has 0 heterocycles. The number of nitrogens with one attached hydrogen (secondary N) is 1. The Morgan fingerprint density at radius 3 is 0.333 bits per heavy atom. The molecule has 0 aromatic heterocycles. The van der Waals surface area contributed by atoms with Gasteiger partial charge >= 0.3 is 0 Å². The summed E-state index contributed by atoms with van der Waals surface area (Å²) in [7, 11) is 12.0. The first kappa shape index (κ1) is 222. The van der Waals surface area contributed by atoms with Crippen LogP contribution in [-0.4, -0.2) is 108 Å². The molecule has 0 bridgehead atoms. The fourth-order valence-electron chi connectivity index (χ4n) is 1.91. The standard InChI is InChI=1S/3C8H10.C3H9N.6C3H8O.C3H8S.3C3H8.22CH4/c3*1-7-3-5-8(2)6-4-7;8*1-3-4-2;3*1-3-2;;;;;;;;;;;;;;;;;;;;;;/h3*3-6H,1-2H3;4H,3H2,1-2H3;7*3H2,1-2H3;3*3H2,1-2H3;22*1H4. The molecule has 87 heavy (non-hydrogen) atoms. The zero-order chi connectivity index (χ0) is 53.4. The van der Waals surface area contributed by atoms with E-state index in [1.807, 2.05) is 60.4 Å². The van der Waals surface area contributed by atoms with Crippen molar-refractivity contribution in [2.75, 3.05) is 108 Å². The summed E-state index contributed by atoms with van der Waals surface area (Å²) in [6.45, 7) is 47.3. The highest BCUT2D eigenvalue weighted by molar-refractivity contribution is 7.98. The molecule has 0 aliphatic carbocycles. The first-order chi connectivity index (χ1) is 30.9. The second-order valence-electron chi connectivity index (χ2n) is 13.3. The maximum absolute atomic E-state index is 4.54. The number of benzene rings is 3. The summed E-state index contributed by atoms with van der Waals surface area (Å²) < 4.78 is 27.2. The molecule has 0 aliphatic heterocycles. The number of aryl methyl sites for hydroxylation is 6. The molecule has 0 atom stereocenters. The largest absolute Gasteiger partial charge is 0.385 e. The first-order valence-electron chi connectivity index (χ1n) is 24.1. The highest BCUT2D eigenvalue weighted by Crippen LogP contribution is 2.01. The molecule has 0 saturated carbocycles. The van der Waals surface area contributed by atoms with Crippen molar-refractivity contribution in [1.82, 2.24) is 5.32 Å². The van der Waals surface area contributed by atoms with E-state index in [2.05, 4.69) is 210 Å². The molecular formula is C79H207NO6S. The smallest absolute Gasteiger partial charge is 0.0433 e. The van der Waals surface area contributed by atoms with Gasteiger partial charge < -0.3 is 33.7 Å². The molecule has 8 heteroatoms. The van der Waals surface area contributed by atoms with Crippen LogP contribution >= 0.6 is 11.8 Å². The van der Waals surface area contributed by atoms with Crippen molar-refractivity contribution >= 4 is 11.8 Å². The molecule has 7 nitrogen and oxygen atoms in total. The first-order valence-corrected chi connectivity index (χ1v) is 25.5. The third-order valence-corrected chi connectivity index (χ3v) is 6.61. The molecule has 3 rings (SSSR count). The van der Waals surface area contributed by atoms with Crippen LogP contribution in [-0.2, 0) is 28.4 Å². The number of ether oxygens (including phenoxy) is 6. The Labute approximate surface area is 577 Å². The quantitative estimate of drug-likeness (QED) is 0.239. The summed E-state index contributed by atoms with van der Waals surface area (Å²) >= 11 is 1.86. The lowest BCUT2D eigenvalue weighted by atomic mass is 10.2. The van der Waals surface area contributed by atoms with Crippen molar-refractivity contribution in [3.8, 4) is 0 Å². The highest BCUT2D eigenvalue weighted by atomic mass is 32.2. The Morgan fingerprint density at radius 2 is 0.310 bits per heavy atom. The van der Waals surface area contributed by atoms with Gasteiger partial charge in [-0.05, 0) is 109 Å². The van der Waals surface area contributed by atoms with Crippen LogP contribution in [0.4, 0.5) is 0 Å². The van der Waals surface area contributed by atoms with Crippen molar-refractivity contribution < 1.29 is 28.4 Å². The summed E-state index contributed by atoms with van der Waals surface area (Å²) in [5, 5.41) is 2.93. The summed E-state index contributed by atoms with van der Waals surface area (Å²) in [6.07, 6.45) is 5.85. The van der Waals surface area contributed by atoms with E-state index in [0.29, 0.717) is 0 Å². The van der Waals surface area contributed by atoms with E-state index in [4.69, 9.17) is 0 Å². The van der Waals surface area contributed by atoms with E-state index in [1.54, 1.807) is 42.7 Å². The van der Waals surface area contributed by atoms with Crippen LogP contribution in [0.15, 0.2) is 72.8 Å². The van der Waals surface area contributed by atoms with E-state index in [0.717, 1.165) is 46.2 Å². The van der Waals surface area contributed by atoms with E-state index in [1.165, 1.54) is 58.4 Å². The Morgan fingerprint density at radius 1 is 0.253 bits per heavy atom. The number of hydrogen-bond acceptors (Lipinski definition) is 8. The fourth-order valence-corrected chi connectivity index (χ4v) is 1.91. The predicted molar refractivity (Wildman–Crippen MR) is 453 cm³/mol. The molecule has 570 valence electrons. The number of hydrogen-bond donors (Lipinski definition) is 1. The van der Waals surface area contributed by atoms with E-state index < -0.39 is 0 Å². The number of rotatable bonds is 8. The van der Waals surface area contributed by atoms with Gasteiger partial charge in [0.2, 0.25) is 0 Å². The summed E-state index contributed by atoms with van der Waals surface area (Å²) in [6, 6.07) is 25.4. The monoisotopic (exact) mass is 1300 g/mol. The minimum Gasteiger partial charge on any atom is -0.385 e. The van der Waals surface area contributed by atoms with Crippen LogP contribution in [0.25, 0.3) is 0 Å². The van der Waals surface area contributed by atoms with Gasteiger partial charge in [-0.3, -0.25) is 0 Å². The van der Waals surface area contributed by atoms with E-state index in [-0.39, 0.29) is 163 Å². The van der Waals surface area contributed by atoms with Gasteiger partial charge in [0.1, 0.15) is 0 Å². The van der Waals surface area contributed by atoms with E-state index >= 15 is 0 Å². The second kappa shape index (κ2) is 262. The van der Waals surface area contributed by atoms with Crippen molar-refractivity contribution in [1.29, 1.82) is 0 Å². The third kappa shape index (κ3) is 438. The van der Waals surface area contributed by atoms with Gasteiger partial charge in [-0.15, -0.1) is 0 Å². The van der Waals surface area contributed by atoms with Gasteiger partial charge in [0.25, 0.3) is 0 Å². The summed E-state index contributed by atoms with van der Waals surface area (Å²) in [5.41, 5.74) is 7.98. The van der Waals surface area contributed by atoms with Crippen LogP contribution in [0.1, 0.15) is 313 Å². The van der Waals surface area contributed by atoms with Crippen LogP contribution < -0.4 is 5.32 Å². The molecule has 0 saturated heterocycles. The van der Waals surface area contributed by atoms with E-state index in [9.17, 15) is 0 Å². The minimum absolute atomic E-state index is 0. The molecule has 0 spiro atoms. The van der Waals surface area contributed by atoms with Crippen molar-refractivity contribution in [2.45, 2.75) is 321 Å². The molecular weight excluding hydrogens is 1090 g/mol. The minimum atomic E-state index is 0. The Bertz CT molecular complexity index is 790. The number of methoxy groups -OCH3 is 6. The summed E-state index contributed by atoms with van der Waals surface area (Å²) in [4.78, 5) is 0. The zero-order valence-electron chi connectivity index (χ0n) is 49.1. The Hall–Kier alpha value is -2.27. The third-order valence-electron chi connectivity index (χ3n) is 6.03. The summed E-state index contributed by atoms with van der Waals surface area (Å²) in [5.74, 6) is 1.24. The van der Waals surface area contributed by atoms with Crippen molar-refractivity contribution in [3.05, 3.63) is 106 Å². The van der Waals surface area contributed by atoms with Crippen molar-refractivity contribution in [3.63, 3.8) is 0 Å². The SMILES string of the molecule is C.C.C.C.C.C.C.C.C.C.C.C.C.C.C.C.C.C.C.C.C.C.CCC.CCC.CCC.CCNC.CCOC.CCOC.CCOC.CCOC.CCOC.CCOC.CCSC.Cc1ccc(C)cc1.Cc1ccc(C)cc1.Cc1ccc(C)cc1. The normalized spacial score (nSPS) is 5.93. The average Bonchev–Trinajstić information content (AvgIpc) is 3.33. The maximum atomic E-state index is 4.54. The highest BCUT2D eigenvalue weighted by Gasteiger charge is 1.81. The lowest BCUT2D eigenvalue weighted by Crippen LogP contribution is -2.01. The van der Waals surface area contributed by atoms with Gasteiger partial charge in [-0.25, -0.2) is 0 Å².